The van der Waals surface area contributed by atoms with Gasteiger partial charge in [-0.25, -0.2) is 9.67 Å². The zero-order valence-corrected chi connectivity index (χ0v) is 16.7. The number of hydrogen-bond acceptors (Lipinski definition) is 5. The Hall–Kier alpha value is -2.37. The molecule has 0 bridgehead atoms. The van der Waals surface area contributed by atoms with E-state index in [1.165, 1.54) is 5.56 Å². The van der Waals surface area contributed by atoms with Crippen molar-refractivity contribution in [2.75, 3.05) is 0 Å². The molecule has 25 heavy (non-hydrogen) atoms. The molecule has 2 aromatic heterocycles. The third kappa shape index (κ3) is 2.90. The van der Waals surface area contributed by atoms with Crippen molar-refractivity contribution in [2.45, 2.75) is 27.7 Å². The average Bonchev–Trinajstić information content (AvgIpc) is 3.11. The van der Waals surface area contributed by atoms with E-state index in [4.69, 9.17) is 4.42 Å². The van der Waals surface area contributed by atoms with E-state index in [1.807, 2.05) is 19.1 Å². The molecule has 0 aliphatic carbocycles. The molecule has 1 radical (unpaired) electrons. The van der Waals surface area contributed by atoms with Crippen molar-refractivity contribution in [3.05, 3.63) is 52.9 Å². The predicted octanol–water partition coefficient (Wildman–Crippen LogP) is 3.50. The van der Waals surface area contributed by atoms with Crippen LogP contribution in [0.5, 0.6) is 0 Å². The molecule has 6 nitrogen and oxygen atoms in total. The number of rotatable bonds is 2. The minimum atomic E-state index is 0. The quantitative estimate of drug-likeness (QED) is 0.386. The number of fused-ring (bicyclic) bond motifs is 1. The van der Waals surface area contributed by atoms with E-state index in [1.54, 1.807) is 4.68 Å². The Morgan fingerprint density at radius 2 is 1.80 bits per heavy atom. The second-order valence-corrected chi connectivity index (χ2v) is 5.96. The summed E-state index contributed by atoms with van der Waals surface area (Å²) in [6, 6.07) is 11.1. The Labute approximate surface area is 158 Å². The molecule has 0 fully saturated rings. The van der Waals surface area contributed by atoms with E-state index in [0.29, 0.717) is 22.9 Å². The van der Waals surface area contributed by atoms with Crippen LogP contribution in [0.25, 0.3) is 28.2 Å². The minimum absolute atomic E-state index is 0. The molecule has 0 saturated heterocycles. The zero-order valence-electron chi connectivity index (χ0n) is 14.3. The first-order valence-corrected chi connectivity index (χ1v) is 7.69. The first-order chi connectivity index (χ1) is 11.5. The molecule has 0 N–H and O–H groups in total. The monoisotopic (exact) mass is 511 g/mol. The first-order valence-electron chi connectivity index (χ1n) is 7.69. The molecule has 0 aliphatic rings. The van der Waals surface area contributed by atoms with E-state index in [9.17, 15) is 0 Å². The summed E-state index contributed by atoms with van der Waals surface area (Å²) in [7, 11) is 0. The van der Waals surface area contributed by atoms with Crippen LogP contribution in [0.3, 0.4) is 0 Å². The van der Waals surface area contributed by atoms with Crippen LogP contribution in [0.4, 0.5) is 0 Å². The molecule has 4 aromatic rings. The summed E-state index contributed by atoms with van der Waals surface area (Å²) in [6.45, 7) is 8.02. The van der Waals surface area contributed by atoms with Crippen molar-refractivity contribution in [3.8, 4) is 17.1 Å². The van der Waals surface area contributed by atoms with Crippen LogP contribution < -0.4 is 0 Å². The SMILES string of the molecule is Cc1cc(C)c(-n2nnnc2-c2[c-]ccc3nc(C)oc23)c(C)c1.[Ir]. The fraction of sp³-hybridized carbons (Fsp3) is 0.222. The Balaban J connectivity index is 0.00000182. The Bertz CT molecular complexity index is 1040. The molecule has 0 unspecified atom stereocenters. The van der Waals surface area contributed by atoms with Gasteiger partial charge in [0.25, 0.3) is 0 Å². The Morgan fingerprint density at radius 3 is 2.52 bits per heavy atom. The molecule has 2 heterocycles. The van der Waals surface area contributed by atoms with Gasteiger partial charge in [-0.05, 0) is 42.3 Å². The summed E-state index contributed by atoms with van der Waals surface area (Å²) < 4.78 is 7.49. The molecule has 0 spiro atoms. The number of tetrazole rings is 1. The van der Waals surface area contributed by atoms with Crippen molar-refractivity contribution in [1.29, 1.82) is 0 Å². The van der Waals surface area contributed by atoms with Crippen LogP contribution in [0.15, 0.2) is 28.7 Å². The van der Waals surface area contributed by atoms with E-state index < -0.39 is 0 Å². The van der Waals surface area contributed by atoms with Crippen LogP contribution in [0.1, 0.15) is 22.6 Å². The number of hydrogen-bond donors (Lipinski definition) is 0. The summed E-state index contributed by atoms with van der Waals surface area (Å²) in [4.78, 5) is 4.37. The number of nitrogens with zero attached hydrogens (tertiary/aromatic N) is 5. The number of oxazole rings is 1. The van der Waals surface area contributed by atoms with Gasteiger partial charge in [-0.3, -0.25) is 0 Å². The van der Waals surface area contributed by atoms with Crippen molar-refractivity contribution < 1.29 is 24.5 Å². The van der Waals surface area contributed by atoms with Gasteiger partial charge in [0.15, 0.2) is 5.89 Å². The first kappa shape index (κ1) is 17.5. The van der Waals surface area contributed by atoms with Crippen LogP contribution in [0, 0.1) is 33.8 Å². The van der Waals surface area contributed by atoms with Gasteiger partial charge in [0, 0.05) is 32.5 Å². The molecule has 0 amide bonds. The van der Waals surface area contributed by atoms with Crippen molar-refractivity contribution in [1.82, 2.24) is 25.2 Å². The Morgan fingerprint density at radius 1 is 1.08 bits per heavy atom. The standard InChI is InChI=1S/C18H16N5O.Ir/c1-10-8-11(2)16(12(3)9-10)23-18(20-21-22-23)14-6-5-7-15-17(14)24-13(4)19-15;/h5,7-9H,1-4H3;/q-1;. The molecular weight excluding hydrogens is 494 g/mol. The third-order valence-electron chi connectivity index (χ3n) is 4.00. The van der Waals surface area contributed by atoms with Crippen LogP contribution in [0.2, 0.25) is 0 Å². The van der Waals surface area contributed by atoms with Gasteiger partial charge in [0.1, 0.15) is 5.82 Å². The normalized spacial score (nSPS) is 10.9. The predicted molar refractivity (Wildman–Crippen MR) is 89.9 cm³/mol. The molecule has 129 valence electrons. The summed E-state index contributed by atoms with van der Waals surface area (Å²) in [5, 5.41) is 12.3. The summed E-state index contributed by atoms with van der Waals surface area (Å²) >= 11 is 0. The summed E-state index contributed by atoms with van der Waals surface area (Å²) in [6.07, 6.45) is 0. The van der Waals surface area contributed by atoms with Gasteiger partial charge in [-0.1, -0.05) is 23.3 Å². The van der Waals surface area contributed by atoms with Crippen molar-refractivity contribution in [2.24, 2.45) is 0 Å². The molecule has 0 aliphatic heterocycles. The van der Waals surface area contributed by atoms with Crippen LogP contribution in [-0.2, 0) is 20.1 Å². The average molecular weight is 511 g/mol. The second-order valence-electron chi connectivity index (χ2n) is 5.96. The number of benzene rings is 2. The zero-order chi connectivity index (χ0) is 16.8. The summed E-state index contributed by atoms with van der Waals surface area (Å²) in [5.74, 6) is 1.19. The van der Waals surface area contributed by atoms with E-state index in [2.05, 4.69) is 59.5 Å². The maximum atomic E-state index is 5.74. The van der Waals surface area contributed by atoms with Crippen molar-refractivity contribution in [3.63, 3.8) is 0 Å². The Kier molecular flexibility index (Phi) is 4.54. The van der Waals surface area contributed by atoms with Gasteiger partial charge in [-0.2, -0.15) is 5.10 Å². The fourth-order valence-corrected chi connectivity index (χ4v) is 3.17. The van der Waals surface area contributed by atoms with Gasteiger partial charge in [0.05, 0.1) is 11.3 Å². The minimum Gasteiger partial charge on any atom is -0.488 e. The maximum Gasteiger partial charge on any atom is 0.180 e. The smallest absolute Gasteiger partial charge is 0.180 e. The van der Waals surface area contributed by atoms with E-state index >= 15 is 0 Å². The van der Waals surface area contributed by atoms with Crippen molar-refractivity contribution >= 4 is 11.1 Å². The van der Waals surface area contributed by atoms with Gasteiger partial charge >= 0.3 is 0 Å². The largest absolute Gasteiger partial charge is 0.488 e. The van der Waals surface area contributed by atoms with Crippen LogP contribution >= 0.6 is 0 Å². The molecule has 2 aromatic carbocycles. The second kappa shape index (κ2) is 6.50. The molecular formula is C18H16IrN5O-. The molecule has 0 atom stereocenters. The fourth-order valence-electron chi connectivity index (χ4n) is 3.17. The third-order valence-corrected chi connectivity index (χ3v) is 4.00. The van der Waals surface area contributed by atoms with Gasteiger partial charge < -0.3 is 4.42 Å². The van der Waals surface area contributed by atoms with Crippen LogP contribution in [-0.4, -0.2) is 25.2 Å². The molecule has 7 heteroatoms. The van der Waals surface area contributed by atoms with Gasteiger partial charge in [0.2, 0.25) is 0 Å². The maximum absolute atomic E-state index is 5.74. The summed E-state index contributed by atoms with van der Waals surface area (Å²) in [5.41, 5.74) is 6.54. The number of aryl methyl sites for hydroxylation is 4. The number of aromatic nitrogens is 5. The van der Waals surface area contributed by atoms with E-state index in [0.717, 1.165) is 22.3 Å². The topological polar surface area (TPSA) is 69.6 Å². The van der Waals surface area contributed by atoms with E-state index in [-0.39, 0.29) is 20.1 Å². The molecule has 4 rings (SSSR count). The van der Waals surface area contributed by atoms with Gasteiger partial charge in [-0.15, -0.1) is 18.2 Å². The molecule has 0 saturated carbocycles.